The first-order chi connectivity index (χ1) is 10.2. The van der Waals surface area contributed by atoms with Gasteiger partial charge < -0.3 is 25.7 Å². The third kappa shape index (κ3) is 4.64. The third-order valence-electron chi connectivity index (χ3n) is 3.17. The predicted octanol–water partition coefficient (Wildman–Crippen LogP) is 1.18. The van der Waals surface area contributed by atoms with Crippen LogP contribution in [0.2, 0.25) is 0 Å². The number of hydrogen-bond acceptors (Lipinski definition) is 5. The SMILES string of the molecule is NC(COc1ccc(NC(=O)C2CCCOC2)cc1)=NO. The van der Waals surface area contributed by atoms with Crippen molar-refractivity contribution in [1.29, 1.82) is 0 Å². The van der Waals surface area contributed by atoms with Gasteiger partial charge in [-0.2, -0.15) is 0 Å². The minimum absolute atomic E-state index is 0.00161. The number of anilines is 1. The van der Waals surface area contributed by atoms with E-state index in [-0.39, 0.29) is 24.3 Å². The van der Waals surface area contributed by atoms with Gasteiger partial charge in [-0.25, -0.2) is 0 Å². The molecule has 1 atom stereocenters. The molecular weight excluding hydrogens is 274 g/mol. The molecule has 1 saturated heterocycles. The van der Waals surface area contributed by atoms with Crippen LogP contribution in [0.25, 0.3) is 0 Å². The van der Waals surface area contributed by atoms with E-state index in [1.54, 1.807) is 24.3 Å². The van der Waals surface area contributed by atoms with Gasteiger partial charge in [-0.3, -0.25) is 4.79 Å². The molecule has 0 spiro atoms. The van der Waals surface area contributed by atoms with Gasteiger partial charge in [-0.1, -0.05) is 5.16 Å². The lowest BCUT2D eigenvalue weighted by molar-refractivity contribution is -0.123. The molecule has 0 radical (unpaired) electrons. The van der Waals surface area contributed by atoms with Crippen molar-refractivity contribution in [3.05, 3.63) is 24.3 Å². The van der Waals surface area contributed by atoms with Crippen LogP contribution in [0.5, 0.6) is 5.75 Å². The van der Waals surface area contributed by atoms with E-state index < -0.39 is 0 Å². The van der Waals surface area contributed by atoms with Gasteiger partial charge in [-0.05, 0) is 37.1 Å². The van der Waals surface area contributed by atoms with Crippen molar-refractivity contribution in [1.82, 2.24) is 0 Å². The topological polar surface area (TPSA) is 106 Å². The number of benzene rings is 1. The molecule has 7 nitrogen and oxygen atoms in total. The number of carbonyl (C=O) groups excluding carboxylic acids is 1. The van der Waals surface area contributed by atoms with Gasteiger partial charge in [0.2, 0.25) is 5.91 Å². The zero-order valence-electron chi connectivity index (χ0n) is 11.6. The highest BCUT2D eigenvalue weighted by molar-refractivity contribution is 5.92. The second-order valence-corrected chi connectivity index (χ2v) is 4.81. The molecule has 21 heavy (non-hydrogen) atoms. The molecule has 0 aliphatic carbocycles. The molecule has 1 aliphatic rings. The molecule has 0 aromatic heterocycles. The Kier molecular flexibility index (Phi) is 5.39. The van der Waals surface area contributed by atoms with E-state index in [4.69, 9.17) is 20.4 Å². The number of amides is 1. The third-order valence-corrected chi connectivity index (χ3v) is 3.17. The first-order valence-electron chi connectivity index (χ1n) is 6.77. The lowest BCUT2D eigenvalue weighted by atomic mass is 10.0. The summed E-state index contributed by atoms with van der Waals surface area (Å²) in [6.07, 6.45) is 1.77. The lowest BCUT2D eigenvalue weighted by Crippen LogP contribution is -2.30. The summed E-state index contributed by atoms with van der Waals surface area (Å²) >= 11 is 0. The Labute approximate surface area is 122 Å². The Morgan fingerprint density at radius 2 is 2.24 bits per heavy atom. The first-order valence-corrected chi connectivity index (χ1v) is 6.77. The summed E-state index contributed by atoms with van der Waals surface area (Å²) in [6, 6.07) is 6.89. The summed E-state index contributed by atoms with van der Waals surface area (Å²) in [6.45, 7) is 1.21. The van der Waals surface area contributed by atoms with Crippen molar-refractivity contribution in [2.75, 3.05) is 25.1 Å². The van der Waals surface area contributed by atoms with Gasteiger partial charge in [0, 0.05) is 12.3 Å². The molecule has 1 fully saturated rings. The number of hydrogen-bond donors (Lipinski definition) is 3. The molecule has 7 heteroatoms. The highest BCUT2D eigenvalue weighted by Crippen LogP contribution is 2.19. The number of nitrogens with two attached hydrogens (primary N) is 1. The van der Waals surface area contributed by atoms with Gasteiger partial charge in [0.15, 0.2) is 5.84 Å². The number of rotatable bonds is 5. The molecule has 1 aromatic carbocycles. The monoisotopic (exact) mass is 293 g/mol. The number of carbonyl (C=O) groups is 1. The molecule has 1 amide bonds. The minimum Gasteiger partial charge on any atom is -0.486 e. The van der Waals surface area contributed by atoms with Crippen LogP contribution in [0.1, 0.15) is 12.8 Å². The Morgan fingerprint density at radius 3 is 2.86 bits per heavy atom. The molecule has 1 aliphatic heterocycles. The van der Waals surface area contributed by atoms with E-state index >= 15 is 0 Å². The van der Waals surface area contributed by atoms with Crippen LogP contribution in [-0.4, -0.2) is 36.8 Å². The van der Waals surface area contributed by atoms with E-state index in [0.717, 1.165) is 19.4 Å². The molecule has 114 valence electrons. The zero-order chi connectivity index (χ0) is 15.1. The zero-order valence-corrected chi connectivity index (χ0v) is 11.6. The lowest BCUT2D eigenvalue weighted by Gasteiger charge is -2.21. The van der Waals surface area contributed by atoms with Crippen molar-refractivity contribution >= 4 is 17.4 Å². The van der Waals surface area contributed by atoms with Crippen LogP contribution < -0.4 is 15.8 Å². The normalized spacial score (nSPS) is 19.0. The maximum Gasteiger partial charge on any atom is 0.229 e. The van der Waals surface area contributed by atoms with Gasteiger partial charge in [0.25, 0.3) is 0 Å². The molecule has 1 unspecified atom stereocenters. The molecule has 0 saturated carbocycles. The Morgan fingerprint density at radius 1 is 1.48 bits per heavy atom. The molecule has 4 N–H and O–H groups in total. The molecule has 1 heterocycles. The van der Waals surface area contributed by atoms with Crippen molar-refractivity contribution in [3.63, 3.8) is 0 Å². The van der Waals surface area contributed by atoms with Gasteiger partial charge in [0.1, 0.15) is 12.4 Å². The summed E-state index contributed by atoms with van der Waals surface area (Å²) in [5.74, 6) is 0.445. The van der Waals surface area contributed by atoms with Crippen LogP contribution in [0.15, 0.2) is 29.4 Å². The van der Waals surface area contributed by atoms with Gasteiger partial charge in [-0.15, -0.1) is 0 Å². The standard InChI is InChI=1S/C14H19N3O4/c15-13(17-19)9-21-12-5-3-11(4-6-12)16-14(18)10-2-1-7-20-8-10/h3-6,10,19H,1-2,7-9H2,(H2,15,17)(H,16,18). The summed E-state index contributed by atoms with van der Waals surface area (Å²) < 4.78 is 10.6. The van der Waals surface area contributed by atoms with E-state index in [9.17, 15) is 4.79 Å². The van der Waals surface area contributed by atoms with Gasteiger partial charge >= 0.3 is 0 Å². The Bertz CT molecular complexity index is 495. The number of oxime groups is 1. The molecule has 0 bridgehead atoms. The van der Waals surface area contributed by atoms with E-state index in [2.05, 4.69) is 10.5 Å². The second-order valence-electron chi connectivity index (χ2n) is 4.81. The fourth-order valence-corrected chi connectivity index (χ4v) is 2.01. The maximum absolute atomic E-state index is 12.0. The fraction of sp³-hybridized carbons (Fsp3) is 0.429. The minimum atomic E-state index is -0.0877. The van der Waals surface area contributed by atoms with Crippen LogP contribution in [0.4, 0.5) is 5.69 Å². The van der Waals surface area contributed by atoms with Gasteiger partial charge in [0.05, 0.1) is 12.5 Å². The van der Waals surface area contributed by atoms with Crippen molar-refractivity contribution < 1.29 is 19.5 Å². The maximum atomic E-state index is 12.0. The summed E-state index contributed by atoms with van der Waals surface area (Å²) in [7, 11) is 0. The first kappa shape index (κ1) is 15.1. The second kappa shape index (κ2) is 7.49. The number of amidine groups is 1. The molecule has 1 aromatic rings. The van der Waals surface area contributed by atoms with Crippen LogP contribution >= 0.6 is 0 Å². The average Bonchev–Trinajstić information content (AvgIpc) is 2.54. The fourth-order valence-electron chi connectivity index (χ4n) is 2.01. The van der Waals surface area contributed by atoms with Crippen molar-refractivity contribution in [2.24, 2.45) is 16.8 Å². The predicted molar refractivity (Wildman–Crippen MR) is 77.5 cm³/mol. The quantitative estimate of drug-likeness (QED) is 0.327. The van der Waals surface area contributed by atoms with Crippen molar-refractivity contribution in [3.8, 4) is 5.75 Å². The summed E-state index contributed by atoms with van der Waals surface area (Å²) in [4.78, 5) is 12.0. The van der Waals surface area contributed by atoms with Crippen molar-refractivity contribution in [2.45, 2.75) is 12.8 Å². The van der Waals surface area contributed by atoms with E-state index in [0.29, 0.717) is 18.0 Å². The number of nitrogens with one attached hydrogen (secondary N) is 1. The molecule has 2 rings (SSSR count). The highest BCUT2D eigenvalue weighted by atomic mass is 16.5. The highest BCUT2D eigenvalue weighted by Gasteiger charge is 2.21. The molecular formula is C14H19N3O4. The van der Waals surface area contributed by atoms with E-state index in [1.807, 2.05) is 0 Å². The Balaban J connectivity index is 1.85. The Hall–Kier alpha value is -2.28. The largest absolute Gasteiger partial charge is 0.486 e. The smallest absolute Gasteiger partial charge is 0.229 e. The van der Waals surface area contributed by atoms with Crippen LogP contribution in [-0.2, 0) is 9.53 Å². The van der Waals surface area contributed by atoms with Crippen LogP contribution in [0.3, 0.4) is 0 Å². The summed E-state index contributed by atoms with van der Waals surface area (Å²) in [5.41, 5.74) is 6.00. The van der Waals surface area contributed by atoms with E-state index in [1.165, 1.54) is 0 Å². The number of ether oxygens (including phenoxy) is 2. The van der Waals surface area contributed by atoms with Crippen LogP contribution in [0, 0.1) is 5.92 Å². The number of nitrogens with zero attached hydrogens (tertiary/aromatic N) is 1. The average molecular weight is 293 g/mol. The summed E-state index contributed by atoms with van der Waals surface area (Å²) in [5, 5.41) is 14.1.